The first-order chi connectivity index (χ1) is 9.70. The molecule has 3 heteroatoms. The maximum Gasteiger partial charge on any atom is 0.251 e. The zero-order valence-electron chi connectivity index (χ0n) is 12.0. The third kappa shape index (κ3) is 3.85. The van der Waals surface area contributed by atoms with E-state index < -0.39 is 0 Å². The average Bonchev–Trinajstić information content (AvgIpc) is 2.47. The number of nitrogens with one attached hydrogen (secondary N) is 1. The lowest BCUT2D eigenvalue weighted by molar-refractivity contribution is 0.0927. The number of aryl methyl sites for hydroxylation is 1. The maximum atomic E-state index is 12.2. The highest BCUT2D eigenvalue weighted by atomic mass is 16.1. The number of nitrogens with two attached hydrogens (primary N) is 1. The molecule has 1 amide bonds. The van der Waals surface area contributed by atoms with Crippen LogP contribution in [-0.2, 0) is 0 Å². The molecule has 1 fully saturated rings. The summed E-state index contributed by atoms with van der Waals surface area (Å²) in [6.07, 6.45) is 5.94. The molecule has 0 radical (unpaired) electrons. The molecule has 0 spiro atoms. The van der Waals surface area contributed by atoms with Gasteiger partial charge >= 0.3 is 0 Å². The minimum absolute atomic E-state index is 0.0262. The summed E-state index contributed by atoms with van der Waals surface area (Å²) in [4.78, 5) is 12.2. The molecule has 0 bridgehead atoms. The SMILES string of the molecule is Cc1cc(C(=O)NC2CCCCC2)ccc1C#CCN. The maximum absolute atomic E-state index is 12.2. The van der Waals surface area contributed by atoms with Crippen LogP contribution in [0.25, 0.3) is 0 Å². The summed E-state index contributed by atoms with van der Waals surface area (Å²) >= 11 is 0. The molecule has 2 rings (SSSR count). The third-order valence-corrected chi connectivity index (χ3v) is 3.75. The number of amides is 1. The minimum atomic E-state index is 0.0262. The predicted octanol–water partition coefficient (Wildman–Crippen LogP) is 2.37. The zero-order valence-corrected chi connectivity index (χ0v) is 12.0. The van der Waals surface area contributed by atoms with E-state index in [0.717, 1.165) is 24.0 Å². The van der Waals surface area contributed by atoms with Crippen molar-refractivity contribution in [2.45, 2.75) is 45.1 Å². The quantitative estimate of drug-likeness (QED) is 0.811. The van der Waals surface area contributed by atoms with E-state index in [-0.39, 0.29) is 5.91 Å². The Morgan fingerprint density at radius 1 is 1.35 bits per heavy atom. The van der Waals surface area contributed by atoms with Crippen molar-refractivity contribution in [2.24, 2.45) is 5.73 Å². The first kappa shape index (κ1) is 14.6. The van der Waals surface area contributed by atoms with Crippen LogP contribution >= 0.6 is 0 Å². The van der Waals surface area contributed by atoms with Gasteiger partial charge in [0.25, 0.3) is 5.91 Å². The summed E-state index contributed by atoms with van der Waals surface area (Å²) in [5.74, 6) is 5.88. The molecule has 1 aliphatic rings. The highest BCUT2D eigenvalue weighted by molar-refractivity contribution is 5.94. The van der Waals surface area contributed by atoms with E-state index >= 15 is 0 Å². The largest absolute Gasteiger partial charge is 0.349 e. The molecule has 3 nitrogen and oxygen atoms in total. The Balaban J connectivity index is 2.04. The van der Waals surface area contributed by atoms with Crippen molar-refractivity contribution in [1.29, 1.82) is 0 Å². The Labute approximate surface area is 120 Å². The Hall–Kier alpha value is -1.79. The molecular weight excluding hydrogens is 248 g/mol. The fourth-order valence-electron chi connectivity index (χ4n) is 2.61. The van der Waals surface area contributed by atoms with Gasteiger partial charge < -0.3 is 11.1 Å². The van der Waals surface area contributed by atoms with E-state index in [1.807, 2.05) is 25.1 Å². The van der Waals surface area contributed by atoms with Gasteiger partial charge in [-0.25, -0.2) is 0 Å². The van der Waals surface area contributed by atoms with Crippen molar-refractivity contribution in [1.82, 2.24) is 5.32 Å². The number of rotatable bonds is 2. The Kier molecular flexibility index (Phi) is 5.20. The van der Waals surface area contributed by atoms with E-state index in [4.69, 9.17) is 5.73 Å². The van der Waals surface area contributed by atoms with Crippen LogP contribution in [-0.4, -0.2) is 18.5 Å². The third-order valence-electron chi connectivity index (χ3n) is 3.75. The van der Waals surface area contributed by atoms with Crippen LogP contribution in [0.3, 0.4) is 0 Å². The van der Waals surface area contributed by atoms with E-state index in [1.165, 1.54) is 19.3 Å². The van der Waals surface area contributed by atoms with Gasteiger partial charge in [0.05, 0.1) is 6.54 Å². The lowest BCUT2D eigenvalue weighted by Gasteiger charge is -2.22. The Morgan fingerprint density at radius 3 is 2.75 bits per heavy atom. The van der Waals surface area contributed by atoms with Gasteiger partial charge in [-0.2, -0.15) is 0 Å². The van der Waals surface area contributed by atoms with Crippen LogP contribution in [0, 0.1) is 18.8 Å². The monoisotopic (exact) mass is 270 g/mol. The number of hydrogen-bond donors (Lipinski definition) is 2. The lowest BCUT2D eigenvalue weighted by Crippen LogP contribution is -2.36. The Bertz CT molecular complexity index is 534. The molecule has 106 valence electrons. The summed E-state index contributed by atoms with van der Waals surface area (Å²) in [7, 11) is 0. The molecule has 0 atom stereocenters. The summed E-state index contributed by atoms with van der Waals surface area (Å²) in [6.45, 7) is 2.32. The second kappa shape index (κ2) is 7.12. The van der Waals surface area contributed by atoms with Crippen molar-refractivity contribution in [3.63, 3.8) is 0 Å². The van der Waals surface area contributed by atoms with Crippen LogP contribution in [0.5, 0.6) is 0 Å². The minimum Gasteiger partial charge on any atom is -0.349 e. The summed E-state index contributed by atoms with van der Waals surface area (Å²) in [5, 5.41) is 3.13. The van der Waals surface area contributed by atoms with Gasteiger partial charge in [0, 0.05) is 17.2 Å². The molecule has 1 aromatic carbocycles. The smallest absolute Gasteiger partial charge is 0.251 e. The molecule has 0 saturated heterocycles. The fourth-order valence-corrected chi connectivity index (χ4v) is 2.61. The van der Waals surface area contributed by atoms with E-state index in [1.54, 1.807) is 0 Å². The molecule has 1 saturated carbocycles. The second-order valence-corrected chi connectivity index (χ2v) is 5.34. The molecule has 0 aromatic heterocycles. The van der Waals surface area contributed by atoms with Crippen LogP contribution in [0.2, 0.25) is 0 Å². The van der Waals surface area contributed by atoms with Gasteiger partial charge in [0.15, 0.2) is 0 Å². The second-order valence-electron chi connectivity index (χ2n) is 5.34. The molecule has 1 aliphatic carbocycles. The molecule has 1 aromatic rings. The van der Waals surface area contributed by atoms with Gasteiger partial charge in [0.1, 0.15) is 0 Å². The van der Waals surface area contributed by atoms with Gasteiger partial charge in [0.2, 0.25) is 0 Å². The van der Waals surface area contributed by atoms with E-state index in [2.05, 4.69) is 17.2 Å². The zero-order chi connectivity index (χ0) is 14.4. The fraction of sp³-hybridized carbons (Fsp3) is 0.471. The van der Waals surface area contributed by atoms with Crippen LogP contribution in [0.1, 0.15) is 53.6 Å². The molecule has 0 unspecified atom stereocenters. The van der Waals surface area contributed by atoms with Crippen LogP contribution in [0.15, 0.2) is 18.2 Å². The van der Waals surface area contributed by atoms with Crippen molar-refractivity contribution >= 4 is 5.91 Å². The van der Waals surface area contributed by atoms with Crippen molar-refractivity contribution in [3.8, 4) is 11.8 Å². The van der Waals surface area contributed by atoms with Crippen LogP contribution in [0.4, 0.5) is 0 Å². The highest BCUT2D eigenvalue weighted by Gasteiger charge is 2.16. The first-order valence-corrected chi connectivity index (χ1v) is 7.31. The summed E-state index contributed by atoms with van der Waals surface area (Å²) in [5.41, 5.74) is 8.04. The molecule has 0 aliphatic heterocycles. The topological polar surface area (TPSA) is 55.1 Å². The Morgan fingerprint density at radius 2 is 2.10 bits per heavy atom. The summed E-state index contributed by atoms with van der Waals surface area (Å²) < 4.78 is 0. The highest BCUT2D eigenvalue weighted by Crippen LogP contribution is 2.18. The number of benzene rings is 1. The number of carbonyl (C=O) groups excluding carboxylic acids is 1. The van der Waals surface area contributed by atoms with Crippen molar-refractivity contribution in [3.05, 3.63) is 34.9 Å². The molecular formula is C17H22N2O. The van der Waals surface area contributed by atoms with Crippen LogP contribution < -0.4 is 11.1 Å². The molecule has 0 heterocycles. The van der Waals surface area contributed by atoms with Gasteiger partial charge in [-0.3, -0.25) is 4.79 Å². The molecule has 3 N–H and O–H groups in total. The van der Waals surface area contributed by atoms with E-state index in [0.29, 0.717) is 18.2 Å². The van der Waals surface area contributed by atoms with Gasteiger partial charge in [-0.1, -0.05) is 31.1 Å². The molecule has 20 heavy (non-hydrogen) atoms. The normalized spacial score (nSPS) is 15.3. The lowest BCUT2D eigenvalue weighted by atomic mass is 9.95. The summed E-state index contributed by atoms with van der Waals surface area (Å²) in [6, 6.07) is 5.98. The van der Waals surface area contributed by atoms with Gasteiger partial charge in [-0.15, -0.1) is 0 Å². The van der Waals surface area contributed by atoms with Crippen molar-refractivity contribution in [2.75, 3.05) is 6.54 Å². The number of hydrogen-bond acceptors (Lipinski definition) is 2. The standard InChI is InChI=1S/C17H22N2O/c1-13-12-15(10-9-14(13)6-5-11-18)17(20)19-16-7-3-2-4-8-16/h9-10,12,16H,2-4,7-8,11,18H2,1H3,(H,19,20). The first-order valence-electron chi connectivity index (χ1n) is 7.31. The predicted molar refractivity (Wildman–Crippen MR) is 81.5 cm³/mol. The van der Waals surface area contributed by atoms with E-state index in [9.17, 15) is 4.79 Å². The van der Waals surface area contributed by atoms with Gasteiger partial charge in [-0.05, 0) is 43.5 Å². The number of carbonyl (C=O) groups is 1. The average molecular weight is 270 g/mol. The van der Waals surface area contributed by atoms with Crippen molar-refractivity contribution < 1.29 is 4.79 Å².